The van der Waals surface area contributed by atoms with Crippen molar-refractivity contribution in [3.05, 3.63) is 44.4 Å². The van der Waals surface area contributed by atoms with Crippen molar-refractivity contribution in [2.45, 2.75) is 69.2 Å². The van der Waals surface area contributed by atoms with E-state index in [4.69, 9.17) is 4.74 Å². The Morgan fingerprint density at radius 3 is 2.62 bits per heavy atom. The minimum Gasteiger partial charge on any atom is -0.462 e. The standard InChI is InChI=1S/C24H30N2O4S2/c1-5-30-22(28)15-7-9-16(10-8-15)25-19(27)13-26-21-20(31-23(26)29)17-12-14(2)6-11-18(17)24(3,4)32-21/h7-10,14,17-18H,5-6,11-13H2,1-4H3,(H,25,27)/t14-,17+,18-/m0/s1. The van der Waals surface area contributed by atoms with Crippen molar-refractivity contribution in [1.82, 2.24) is 4.57 Å². The molecule has 1 fully saturated rings. The summed E-state index contributed by atoms with van der Waals surface area (Å²) in [5.74, 6) is 0.984. The number of nitrogens with zero attached hydrogens (tertiary/aromatic N) is 1. The maximum atomic E-state index is 12.9. The molecule has 172 valence electrons. The third kappa shape index (κ3) is 4.53. The summed E-state index contributed by atoms with van der Waals surface area (Å²) < 4.78 is 6.66. The highest BCUT2D eigenvalue weighted by atomic mass is 32.2. The quantitative estimate of drug-likeness (QED) is 0.608. The van der Waals surface area contributed by atoms with Crippen LogP contribution in [0.25, 0.3) is 0 Å². The monoisotopic (exact) mass is 474 g/mol. The highest BCUT2D eigenvalue weighted by Gasteiger charge is 2.47. The third-order valence-corrected chi connectivity index (χ3v) is 9.26. The number of amides is 1. The van der Waals surface area contributed by atoms with E-state index in [1.165, 1.54) is 29.1 Å². The van der Waals surface area contributed by atoms with Crippen LogP contribution in [0.4, 0.5) is 5.69 Å². The number of nitrogens with one attached hydrogen (secondary N) is 1. The van der Waals surface area contributed by atoms with Gasteiger partial charge in [0.25, 0.3) is 0 Å². The molecular formula is C24H30N2O4S2. The van der Waals surface area contributed by atoms with Crippen molar-refractivity contribution >= 4 is 40.7 Å². The van der Waals surface area contributed by atoms with Gasteiger partial charge in [0.1, 0.15) is 6.54 Å². The number of benzene rings is 1. The Morgan fingerprint density at radius 1 is 1.22 bits per heavy atom. The fourth-order valence-corrected chi connectivity index (χ4v) is 7.77. The van der Waals surface area contributed by atoms with E-state index < -0.39 is 5.97 Å². The first-order valence-electron chi connectivity index (χ1n) is 11.2. The van der Waals surface area contributed by atoms with Crippen molar-refractivity contribution in [3.8, 4) is 0 Å². The zero-order valence-electron chi connectivity index (χ0n) is 19.0. The van der Waals surface area contributed by atoms with Crippen LogP contribution in [0.1, 0.15) is 68.1 Å². The molecule has 0 unspecified atom stereocenters. The lowest BCUT2D eigenvalue weighted by Crippen LogP contribution is -2.39. The van der Waals surface area contributed by atoms with Crippen LogP contribution in [0, 0.1) is 11.8 Å². The highest BCUT2D eigenvalue weighted by molar-refractivity contribution is 8.00. The average Bonchev–Trinajstić information content (AvgIpc) is 3.03. The Labute approximate surface area is 196 Å². The van der Waals surface area contributed by atoms with Crippen molar-refractivity contribution in [2.75, 3.05) is 11.9 Å². The van der Waals surface area contributed by atoms with Gasteiger partial charge in [-0.1, -0.05) is 38.5 Å². The Hall–Kier alpha value is -2.06. The molecule has 2 aromatic rings. The van der Waals surface area contributed by atoms with Gasteiger partial charge in [0.2, 0.25) is 5.91 Å². The SMILES string of the molecule is CCOC(=O)c1ccc(NC(=O)Cn2c3c(sc2=O)[C@@H]2C[C@@H](C)CC[C@@H]2C(C)(C)S3)cc1. The molecule has 4 rings (SSSR count). The molecule has 2 aliphatic rings. The number of hydrogen-bond donors (Lipinski definition) is 1. The highest BCUT2D eigenvalue weighted by Crippen LogP contribution is 2.58. The summed E-state index contributed by atoms with van der Waals surface area (Å²) in [5, 5.41) is 3.81. The first kappa shape index (κ1) is 23.1. The topological polar surface area (TPSA) is 77.4 Å². The number of fused-ring (bicyclic) bond motifs is 3. The molecule has 1 aromatic carbocycles. The van der Waals surface area contributed by atoms with Crippen LogP contribution < -0.4 is 10.2 Å². The first-order chi connectivity index (χ1) is 15.2. The van der Waals surface area contributed by atoms with Gasteiger partial charge in [-0.2, -0.15) is 0 Å². The molecule has 1 aliphatic heterocycles. The first-order valence-corrected chi connectivity index (χ1v) is 12.8. The lowest BCUT2D eigenvalue weighted by atomic mass is 9.69. The molecule has 0 spiro atoms. The Balaban J connectivity index is 1.52. The minimum absolute atomic E-state index is 0.0136. The van der Waals surface area contributed by atoms with E-state index in [1.807, 2.05) is 0 Å². The Bertz CT molecular complexity index is 1070. The predicted molar refractivity (Wildman–Crippen MR) is 129 cm³/mol. The van der Waals surface area contributed by atoms with Gasteiger partial charge in [-0.05, 0) is 55.9 Å². The van der Waals surface area contributed by atoms with Crippen molar-refractivity contribution in [2.24, 2.45) is 11.8 Å². The smallest absolute Gasteiger partial charge is 0.338 e. The summed E-state index contributed by atoms with van der Waals surface area (Å²) >= 11 is 3.07. The van der Waals surface area contributed by atoms with Gasteiger partial charge >= 0.3 is 10.8 Å². The van der Waals surface area contributed by atoms with Gasteiger partial charge in [0.05, 0.1) is 17.2 Å². The second-order valence-electron chi connectivity index (χ2n) is 9.31. The summed E-state index contributed by atoms with van der Waals surface area (Å²) in [4.78, 5) is 38.5. The molecule has 6 nitrogen and oxygen atoms in total. The van der Waals surface area contributed by atoms with E-state index in [9.17, 15) is 14.4 Å². The van der Waals surface area contributed by atoms with Gasteiger partial charge in [-0.15, -0.1) is 11.8 Å². The summed E-state index contributed by atoms with van der Waals surface area (Å²) in [6.07, 6.45) is 3.55. The van der Waals surface area contributed by atoms with E-state index in [-0.39, 0.29) is 22.1 Å². The maximum absolute atomic E-state index is 12.9. The van der Waals surface area contributed by atoms with Gasteiger partial charge in [0.15, 0.2) is 0 Å². The molecule has 1 aromatic heterocycles. The van der Waals surface area contributed by atoms with Crippen LogP contribution in [0.5, 0.6) is 0 Å². The summed E-state index contributed by atoms with van der Waals surface area (Å²) in [7, 11) is 0. The van der Waals surface area contributed by atoms with E-state index in [1.54, 1.807) is 47.5 Å². The molecule has 1 aliphatic carbocycles. The van der Waals surface area contributed by atoms with Crippen LogP contribution in [0.15, 0.2) is 34.1 Å². The number of hydrogen-bond acceptors (Lipinski definition) is 6. The van der Waals surface area contributed by atoms with Crippen LogP contribution in [0.3, 0.4) is 0 Å². The van der Waals surface area contributed by atoms with E-state index >= 15 is 0 Å². The summed E-state index contributed by atoms with van der Waals surface area (Å²) in [6.45, 7) is 8.89. The number of rotatable bonds is 5. The number of ether oxygens (including phenoxy) is 1. The van der Waals surface area contributed by atoms with Gasteiger partial charge in [-0.25, -0.2) is 4.79 Å². The van der Waals surface area contributed by atoms with E-state index in [2.05, 4.69) is 26.1 Å². The zero-order valence-corrected chi connectivity index (χ0v) is 20.6. The predicted octanol–water partition coefficient (Wildman–Crippen LogP) is 5.13. The summed E-state index contributed by atoms with van der Waals surface area (Å²) in [6, 6.07) is 6.58. The van der Waals surface area contributed by atoms with Gasteiger partial charge in [-0.3, -0.25) is 14.2 Å². The molecule has 8 heteroatoms. The molecular weight excluding hydrogens is 444 g/mol. The number of thiazole rings is 1. The second kappa shape index (κ2) is 9.06. The number of esters is 1. The van der Waals surface area contributed by atoms with E-state index in [0.29, 0.717) is 35.6 Å². The van der Waals surface area contributed by atoms with Crippen molar-refractivity contribution in [3.63, 3.8) is 0 Å². The lowest BCUT2D eigenvalue weighted by molar-refractivity contribution is -0.116. The number of anilines is 1. The maximum Gasteiger partial charge on any atom is 0.338 e. The Kier molecular flexibility index (Phi) is 6.54. The molecule has 2 heterocycles. The molecule has 32 heavy (non-hydrogen) atoms. The largest absolute Gasteiger partial charge is 0.462 e. The fourth-order valence-electron chi connectivity index (χ4n) is 4.96. The molecule has 0 radical (unpaired) electrons. The average molecular weight is 475 g/mol. The minimum atomic E-state index is -0.392. The molecule has 1 saturated carbocycles. The molecule has 0 saturated heterocycles. The zero-order chi connectivity index (χ0) is 23.0. The molecule has 1 N–H and O–H groups in total. The van der Waals surface area contributed by atoms with Gasteiger partial charge in [0, 0.05) is 21.2 Å². The third-order valence-electron chi connectivity index (χ3n) is 6.56. The second-order valence-corrected chi connectivity index (χ2v) is 11.9. The van der Waals surface area contributed by atoms with Crippen molar-refractivity contribution < 1.29 is 14.3 Å². The lowest BCUT2D eigenvalue weighted by Gasteiger charge is -2.47. The molecule has 0 bridgehead atoms. The fraction of sp³-hybridized carbons (Fsp3) is 0.542. The van der Waals surface area contributed by atoms with Crippen LogP contribution in [-0.4, -0.2) is 27.8 Å². The Morgan fingerprint density at radius 2 is 1.94 bits per heavy atom. The van der Waals surface area contributed by atoms with Crippen LogP contribution in [-0.2, 0) is 16.1 Å². The number of aromatic nitrogens is 1. The summed E-state index contributed by atoms with van der Waals surface area (Å²) in [5.41, 5.74) is 1.01. The van der Waals surface area contributed by atoms with Crippen LogP contribution >= 0.6 is 23.1 Å². The number of carbonyl (C=O) groups is 2. The van der Waals surface area contributed by atoms with Gasteiger partial charge < -0.3 is 10.1 Å². The normalized spacial score (nSPS) is 23.7. The molecule has 3 atom stereocenters. The van der Waals surface area contributed by atoms with Crippen LogP contribution in [0.2, 0.25) is 0 Å². The number of thioether (sulfide) groups is 1. The van der Waals surface area contributed by atoms with E-state index in [0.717, 1.165) is 11.4 Å². The molecule has 1 amide bonds. The van der Waals surface area contributed by atoms with Crippen molar-refractivity contribution in [1.29, 1.82) is 0 Å². The number of carbonyl (C=O) groups excluding carboxylic acids is 2.